The van der Waals surface area contributed by atoms with Gasteiger partial charge in [-0.25, -0.2) is 0 Å². The Morgan fingerprint density at radius 2 is 2.00 bits per heavy atom. The number of benzene rings is 1. The molecule has 1 unspecified atom stereocenters. The number of hydrogen-bond donors (Lipinski definition) is 1. The summed E-state index contributed by atoms with van der Waals surface area (Å²) in [5, 5.41) is 12.3. The van der Waals surface area contributed by atoms with E-state index in [4.69, 9.17) is 9.47 Å². The Morgan fingerprint density at radius 1 is 1.25 bits per heavy atom. The molecule has 0 saturated carbocycles. The lowest BCUT2D eigenvalue weighted by Gasteiger charge is -2.26. The normalized spacial score (nSPS) is 16.7. The molecule has 1 aromatic carbocycles. The van der Waals surface area contributed by atoms with E-state index in [1.807, 2.05) is 19.1 Å². The number of carbonyl (C=O) groups is 2. The fraction of sp³-hybridized carbons (Fsp3) is 0.333. The fourth-order valence-corrected chi connectivity index (χ4v) is 3.97. The van der Waals surface area contributed by atoms with Gasteiger partial charge in [0.1, 0.15) is 5.75 Å². The van der Waals surface area contributed by atoms with Crippen LogP contribution in [0.2, 0.25) is 0 Å². The summed E-state index contributed by atoms with van der Waals surface area (Å²) in [4.78, 5) is 27.8. The molecule has 148 valence electrons. The van der Waals surface area contributed by atoms with Crippen molar-refractivity contribution in [2.45, 2.75) is 19.4 Å². The summed E-state index contributed by atoms with van der Waals surface area (Å²) < 4.78 is 10.6. The molecule has 0 bridgehead atoms. The third-order valence-corrected chi connectivity index (χ3v) is 5.42. The first-order valence-corrected chi connectivity index (χ1v) is 10.0. The summed E-state index contributed by atoms with van der Waals surface area (Å²) in [6, 6.07) is 10.1. The lowest BCUT2D eigenvalue weighted by molar-refractivity contribution is -0.129. The zero-order chi connectivity index (χ0) is 20.1. The first-order chi connectivity index (χ1) is 13.6. The Morgan fingerprint density at radius 3 is 2.61 bits per heavy atom. The van der Waals surface area contributed by atoms with E-state index in [1.54, 1.807) is 36.8 Å². The summed E-state index contributed by atoms with van der Waals surface area (Å²) in [5.74, 6) is -0.626. The molecule has 1 N–H and O–H groups in total. The third kappa shape index (κ3) is 3.95. The van der Waals surface area contributed by atoms with Gasteiger partial charge in [-0.1, -0.05) is 18.2 Å². The van der Waals surface area contributed by atoms with Crippen molar-refractivity contribution in [1.29, 1.82) is 0 Å². The standard InChI is InChI=1S/C21H23NO5S/c1-3-27-15-9-7-14(8-10-15)18-17(19(23)16-6-4-13-28-16)20(24)21(25)22(18)11-5-12-26-2/h4,6-10,13,18,24H,3,5,11-12H2,1-2H3. The van der Waals surface area contributed by atoms with Crippen molar-refractivity contribution in [2.75, 3.05) is 26.9 Å². The highest BCUT2D eigenvalue weighted by atomic mass is 32.1. The smallest absolute Gasteiger partial charge is 0.290 e. The molecule has 28 heavy (non-hydrogen) atoms. The second-order valence-electron chi connectivity index (χ2n) is 6.32. The Bertz CT molecular complexity index is 857. The summed E-state index contributed by atoms with van der Waals surface area (Å²) in [6.07, 6.45) is 0.601. The molecule has 2 heterocycles. The van der Waals surface area contributed by atoms with Gasteiger partial charge in [0.15, 0.2) is 5.76 Å². The number of aliphatic hydroxyl groups excluding tert-OH is 1. The summed E-state index contributed by atoms with van der Waals surface area (Å²) in [6.45, 7) is 3.30. The lowest BCUT2D eigenvalue weighted by Crippen LogP contribution is -2.32. The van der Waals surface area contributed by atoms with Gasteiger partial charge in [0.05, 0.1) is 23.1 Å². The van der Waals surface area contributed by atoms with Crippen LogP contribution in [0.4, 0.5) is 0 Å². The van der Waals surface area contributed by atoms with E-state index in [0.29, 0.717) is 36.8 Å². The molecule has 3 rings (SSSR count). The van der Waals surface area contributed by atoms with Crippen LogP contribution in [0.5, 0.6) is 5.75 Å². The molecule has 0 spiro atoms. The number of methoxy groups -OCH3 is 1. The zero-order valence-corrected chi connectivity index (χ0v) is 16.7. The van der Waals surface area contributed by atoms with Crippen LogP contribution in [-0.2, 0) is 9.53 Å². The molecule has 0 saturated heterocycles. The summed E-state index contributed by atoms with van der Waals surface area (Å²) >= 11 is 1.29. The van der Waals surface area contributed by atoms with Gasteiger partial charge in [0.25, 0.3) is 5.91 Å². The predicted molar refractivity (Wildman–Crippen MR) is 107 cm³/mol. The second kappa shape index (κ2) is 9.03. The van der Waals surface area contributed by atoms with E-state index in [9.17, 15) is 14.7 Å². The number of thiophene rings is 1. The molecular weight excluding hydrogens is 378 g/mol. The molecule has 1 aliphatic rings. The Labute approximate surface area is 168 Å². The van der Waals surface area contributed by atoms with Gasteiger partial charge < -0.3 is 19.5 Å². The SMILES string of the molecule is CCOc1ccc(C2C(C(=O)c3cccs3)=C(O)C(=O)N2CCCOC)cc1. The van der Waals surface area contributed by atoms with E-state index in [1.165, 1.54) is 16.2 Å². The van der Waals surface area contributed by atoms with Crippen molar-refractivity contribution in [1.82, 2.24) is 4.90 Å². The Kier molecular flexibility index (Phi) is 6.49. The van der Waals surface area contributed by atoms with Crippen molar-refractivity contribution in [3.8, 4) is 5.75 Å². The number of nitrogens with zero attached hydrogens (tertiary/aromatic N) is 1. The van der Waals surface area contributed by atoms with E-state index in [0.717, 1.165) is 5.56 Å². The number of carbonyl (C=O) groups excluding carboxylic acids is 2. The Balaban J connectivity index is 1.99. The minimum absolute atomic E-state index is 0.119. The molecule has 1 amide bonds. The van der Waals surface area contributed by atoms with Gasteiger partial charge in [-0.05, 0) is 42.5 Å². The monoisotopic (exact) mass is 401 g/mol. The molecule has 1 atom stereocenters. The molecule has 6 nitrogen and oxygen atoms in total. The average Bonchev–Trinajstić information content (AvgIpc) is 3.32. The van der Waals surface area contributed by atoms with Crippen molar-refractivity contribution in [3.63, 3.8) is 0 Å². The van der Waals surface area contributed by atoms with Crippen LogP contribution < -0.4 is 4.74 Å². The second-order valence-corrected chi connectivity index (χ2v) is 7.27. The Hall–Kier alpha value is -2.64. The van der Waals surface area contributed by atoms with E-state index < -0.39 is 17.7 Å². The van der Waals surface area contributed by atoms with Gasteiger partial charge in [0.2, 0.25) is 5.78 Å². The van der Waals surface area contributed by atoms with Crippen molar-refractivity contribution < 1.29 is 24.2 Å². The third-order valence-electron chi connectivity index (χ3n) is 4.55. The number of ketones is 1. The van der Waals surface area contributed by atoms with Crippen LogP contribution in [0.15, 0.2) is 53.1 Å². The predicted octanol–water partition coefficient (Wildman–Crippen LogP) is 3.76. The highest BCUT2D eigenvalue weighted by Crippen LogP contribution is 2.40. The van der Waals surface area contributed by atoms with E-state index in [2.05, 4.69) is 0 Å². The van der Waals surface area contributed by atoms with Gasteiger partial charge in [-0.2, -0.15) is 0 Å². The highest BCUT2D eigenvalue weighted by molar-refractivity contribution is 7.12. The van der Waals surface area contributed by atoms with Gasteiger partial charge in [-0.15, -0.1) is 11.3 Å². The van der Waals surface area contributed by atoms with E-state index >= 15 is 0 Å². The van der Waals surface area contributed by atoms with Crippen LogP contribution in [-0.4, -0.2) is 48.6 Å². The molecule has 1 aromatic heterocycles. The maximum Gasteiger partial charge on any atom is 0.290 e. The summed E-state index contributed by atoms with van der Waals surface area (Å²) in [7, 11) is 1.59. The van der Waals surface area contributed by atoms with Crippen molar-refractivity contribution in [3.05, 3.63) is 63.6 Å². The van der Waals surface area contributed by atoms with Crippen LogP contribution >= 0.6 is 11.3 Å². The maximum absolute atomic E-state index is 13.1. The number of Topliss-reactive ketones (excluding diaryl/α,β-unsaturated/α-hetero) is 1. The topological polar surface area (TPSA) is 76.1 Å². The van der Waals surface area contributed by atoms with Crippen molar-refractivity contribution >= 4 is 23.0 Å². The number of ether oxygens (including phenoxy) is 2. The molecule has 0 aliphatic carbocycles. The first-order valence-electron chi connectivity index (χ1n) is 9.12. The van der Waals surface area contributed by atoms with Crippen LogP contribution in [0, 0.1) is 0 Å². The highest BCUT2D eigenvalue weighted by Gasteiger charge is 2.43. The largest absolute Gasteiger partial charge is 0.503 e. The number of amides is 1. The van der Waals surface area contributed by atoms with Gasteiger partial charge in [0, 0.05) is 20.3 Å². The average molecular weight is 401 g/mol. The zero-order valence-electron chi connectivity index (χ0n) is 15.9. The maximum atomic E-state index is 13.1. The fourth-order valence-electron chi connectivity index (χ4n) is 3.30. The van der Waals surface area contributed by atoms with Crippen molar-refractivity contribution in [2.24, 2.45) is 0 Å². The number of hydrogen-bond acceptors (Lipinski definition) is 6. The number of rotatable bonds is 9. The van der Waals surface area contributed by atoms with Gasteiger partial charge >= 0.3 is 0 Å². The quantitative estimate of drug-likeness (QED) is 0.511. The molecule has 0 fully saturated rings. The minimum Gasteiger partial charge on any atom is -0.503 e. The number of aliphatic hydroxyl groups is 1. The summed E-state index contributed by atoms with van der Waals surface area (Å²) in [5.41, 5.74) is 0.868. The molecule has 1 aliphatic heterocycles. The minimum atomic E-state index is -0.644. The molecule has 0 radical (unpaired) electrons. The van der Waals surface area contributed by atoms with Gasteiger partial charge in [-0.3, -0.25) is 9.59 Å². The van der Waals surface area contributed by atoms with Crippen LogP contribution in [0.1, 0.15) is 34.6 Å². The lowest BCUT2D eigenvalue weighted by atomic mass is 9.95. The molecular formula is C21H23NO5S. The van der Waals surface area contributed by atoms with Crippen LogP contribution in [0.25, 0.3) is 0 Å². The van der Waals surface area contributed by atoms with E-state index in [-0.39, 0.29) is 11.4 Å². The molecule has 7 heteroatoms. The molecule has 2 aromatic rings. The van der Waals surface area contributed by atoms with Crippen LogP contribution in [0.3, 0.4) is 0 Å². The first kappa shape index (κ1) is 20.1.